The number of thiazole rings is 1. The molecule has 0 fully saturated rings. The third-order valence-corrected chi connectivity index (χ3v) is 3.72. The maximum atomic E-state index is 12.2. The summed E-state index contributed by atoms with van der Waals surface area (Å²) in [5.74, 6) is -0.279. The van der Waals surface area contributed by atoms with E-state index in [9.17, 15) is 14.7 Å². The lowest BCUT2D eigenvalue weighted by Gasteiger charge is -2.24. The second-order valence-corrected chi connectivity index (χ2v) is 5.17. The maximum absolute atomic E-state index is 12.2. The number of ketones is 1. The Morgan fingerprint density at radius 2 is 2.05 bits per heavy atom. The lowest BCUT2D eigenvalue weighted by molar-refractivity contribution is 0.0795. The number of nitrogens with zero attached hydrogens (tertiary/aromatic N) is 2. The fourth-order valence-corrected chi connectivity index (χ4v) is 2.47. The first-order valence-corrected chi connectivity index (χ1v) is 6.94. The molecular formula is C14H14N2O3S. The summed E-state index contributed by atoms with van der Waals surface area (Å²) in [5, 5.41) is 11.3. The number of carbonyl (C=O) groups is 2. The topological polar surface area (TPSA) is 70.5 Å². The molecule has 0 aliphatic heterocycles. The molecule has 1 aromatic carbocycles. The van der Waals surface area contributed by atoms with E-state index in [1.54, 1.807) is 12.3 Å². The standard InChI is InChI=1S/C14H14N2O3S/c1-10(12(17)13-15-7-8-20-13)16(14(18)19)9-11-5-3-2-4-6-11/h2-8,10H,9H2,1H3,(H,18,19)/t10-/m0/s1. The first kappa shape index (κ1) is 14.2. The van der Waals surface area contributed by atoms with E-state index in [0.717, 1.165) is 10.5 Å². The summed E-state index contributed by atoms with van der Waals surface area (Å²) in [6.07, 6.45) is 0.415. The van der Waals surface area contributed by atoms with Gasteiger partial charge < -0.3 is 5.11 Å². The molecule has 0 unspecified atom stereocenters. The zero-order valence-corrected chi connectivity index (χ0v) is 11.7. The molecule has 0 saturated heterocycles. The van der Waals surface area contributed by atoms with Crippen molar-refractivity contribution in [1.29, 1.82) is 0 Å². The van der Waals surface area contributed by atoms with Crippen molar-refractivity contribution in [3.8, 4) is 0 Å². The molecule has 0 saturated carbocycles. The quantitative estimate of drug-likeness (QED) is 0.859. The number of carboxylic acid groups (broad SMARTS) is 1. The monoisotopic (exact) mass is 290 g/mol. The molecule has 104 valence electrons. The third-order valence-electron chi connectivity index (χ3n) is 2.93. The summed E-state index contributed by atoms with van der Waals surface area (Å²) >= 11 is 1.21. The summed E-state index contributed by atoms with van der Waals surface area (Å²) in [6.45, 7) is 1.76. The average molecular weight is 290 g/mol. The minimum absolute atomic E-state index is 0.175. The number of amides is 1. The SMILES string of the molecule is C[C@@H](C(=O)c1nccs1)N(Cc1ccccc1)C(=O)O. The highest BCUT2D eigenvalue weighted by molar-refractivity contribution is 7.11. The molecule has 0 spiro atoms. The van der Waals surface area contributed by atoms with Crippen molar-refractivity contribution in [3.05, 3.63) is 52.5 Å². The maximum Gasteiger partial charge on any atom is 0.408 e. The number of hydrogen-bond donors (Lipinski definition) is 1. The van der Waals surface area contributed by atoms with Gasteiger partial charge in [0.2, 0.25) is 5.78 Å². The van der Waals surface area contributed by atoms with Crippen molar-refractivity contribution >= 4 is 23.2 Å². The minimum Gasteiger partial charge on any atom is -0.465 e. The Balaban J connectivity index is 2.16. The van der Waals surface area contributed by atoms with Crippen LogP contribution < -0.4 is 0 Å². The van der Waals surface area contributed by atoms with E-state index in [0.29, 0.717) is 5.01 Å². The van der Waals surface area contributed by atoms with Crippen LogP contribution in [0.2, 0.25) is 0 Å². The van der Waals surface area contributed by atoms with Gasteiger partial charge in [-0.15, -0.1) is 11.3 Å². The lowest BCUT2D eigenvalue weighted by Crippen LogP contribution is -2.42. The van der Waals surface area contributed by atoms with Gasteiger partial charge in [0.25, 0.3) is 0 Å². The summed E-state index contributed by atoms with van der Waals surface area (Å²) < 4.78 is 0. The van der Waals surface area contributed by atoms with Crippen LogP contribution in [0.25, 0.3) is 0 Å². The van der Waals surface area contributed by atoms with Crippen LogP contribution in [-0.2, 0) is 6.54 Å². The number of carbonyl (C=O) groups excluding carboxylic acids is 1. The average Bonchev–Trinajstić information content (AvgIpc) is 2.98. The lowest BCUT2D eigenvalue weighted by atomic mass is 10.1. The highest BCUT2D eigenvalue weighted by Gasteiger charge is 2.27. The molecule has 6 heteroatoms. The van der Waals surface area contributed by atoms with Gasteiger partial charge >= 0.3 is 6.09 Å². The first-order valence-electron chi connectivity index (χ1n) is 6.07. The van der Waals surface area contributed by atoms with Gasteiger partial charge in [0.15, 0.2) is 5.01 Å². The van der Waals surface area contributed by atoms with Crippen LogP contribution in [-0.4, -0.2) is 32.9 Å². The summed E-state index contributed by atoms with van der Waals surface area (Å²) in [6, 6.07) is 8.43. The predicted octanol–water partition coefficient (Wildman–Crippen LogP) is 2.89. The van der Waals surface area contributed by atoms with E-state index >= 15 is 0 Å². The largest absolute Gasteiger partial charge is 0.465 e. The molecule has 1 heterocycles. The summed E-state index contributed by atoms with van der Waals surface area (Å²) in [4.78, 5) is 28.6. The van der Waals surface area contributed by atoms with Gasteiger partial charge in [0.05, 0.1) is 6.04 Å². The van der Waals surface area contributed by atoms with Crippen LogP contribution >= 0.6 is 11.3 Å². The van der Waals surface area contributed by atoms with Crippen LogP contribution in [0, 0.1) is 0 Å². The van der Waals surface area contributed by atoms with Crippen LogP contribution in [0.15, 0.2) is 41.9 Å². The van der Waals surface area contributed by atoms with Gasteiger partial charge in [0, 0.05) is 18.1 Å². The number of rotatable bonds is 5. The molecule has 1 N–H and O–H groups in total. The van der Waals surface area contributed by atoms with E-state index in [1.165, 1.54) is 17.5 Å². The molecule has 20 heavy (non-hydrogen) atoms. The van der Waals surface area contributed by atoms with Crippen molar-refractivity contribution < 1.29 is 14.7 Å². The number of hydrogen-bond acceptors (Lipinski definition) is 4. The smallest absolute Gasteiger partial charge is 0.408 e. The summed E-state index contributed by atoms with van der Waals surface area (Å²) in [5.41, 5.74) is 0.841. The van der Waals surface area contributed by atoms with Gasteiger partial charge in [-0.05, 0) is 12.5 Å². The predicted molar refractivity (Wildman–Crippen MR) is 75.9 cm³/mol. The molecule has 1 aromatic heterocycles. The zero-order chi connectivity index (χ0) is 14.5. The second kappa shape index (κ2) is 6.29. The molecule has 0 radical (unpaired) electrons. The minimum atomic E-state index is -1.12. The fraction of sp³-hybridized carbons (Fsp3) is 0.214. The Kier molecular flexibility index (Phi) is 4.47. The number of aromatic nitrogens is 1. The van der Waals surface area contributed by atoms with Crippen molar-refractivity contribution in [3.63, 3.8) is 0 Å². The summed E-state index contributed by atoms with van der Waals surface area (Å²) in [7, 11) is 0. The van der Waals surface area contributed by atoms with Crippen LogP contribution in [0.1, 0.15) is 22.3 Å². The molecule has 2 rings (SSSR count). The van der Waals surface area contributed by atoms with E-state index in [4.69, 9.17) is 0 Å². The normalized spacial score (nSPS) is 11.8. The van der Waals surface area contributed by atoms with Crippen LogP contribution in [0.5, 0.6) is 0 Å². The molecule has 0 bridgehead atoms. The molecule has 0 aliphatic carbocycles. The Bertz CT molecular complexity index is 584. The molecule has 5 nitrogen and oxygen atoms in total. The van der Waals surface area contributed by atoms with Crippen molar-refractivity contribution in [2.45, 2.75) is 19.5 Å². The Labute approximate surface area is 120 Å². The fourth-order valence-electron chi connectivity index (χ4n) is 1.82. The molecule has 2 aromatic rings. The van der Waals surface area contributed by atoms with Crippen LogP contribution in [0.3, 0.4) is 0 Å². The van der Waals surface area contributed by atoms with Gasteiger partial charge in [-0.25, -0.2) is 9.78 Å². The molecule has 1 amide bonds. The van der Waals surface area contributed by atoms with E-state index in [2.05, 4.69) is 4.98 Å². The van der Waals surface area contributed by atoms with Crippen LogP contribution in [0.4, 0.5) is 4.79 Å². The van der Waals surface area contributed by atoms with Gasteiger partial charge in [0.1, 0.15) is 0 Å². The highest BCUT2D eigenvalue weighted by Crippen LogP contribution is 2.15. The van der Waals surface area contributed by atoms with Crippen molar-refractivity contribution in [1.82, 2.24) is 9.88 Å². The second-order valence-electron chi connectivity index (χ2n) is 4.27. The van der Waals surface area contributed by atoms with Gasteiger partial charge in [-0.2, -0.15) is 0 Å². The van der Waals surface area contributed by atoms with E-state index in [1.807, 2.05) is 30.3 Å². The molecular weight excluding hydrogens is 276 g/mol. The molecule has 1 atom stereocenters. The Morgan fingerprint density at radius 1 is 1.35 bits per heavy atom. The third kappa shape index (κ3) is 3.21. The van der Waals surface area contributed by atoms with Gasteiger partial charge in [-0.3, -0.25) is 9.69 Å². The number of benzene rings is 1. The Hall–Kier alpha value is -2.21. The van der Waals surface area contributed by atoms with Crippen molar-refractivity contribution in [2.75, 3.05) is 0 Å². The van der Waals surface area contributed by atoms with E-state index < -0.39 is 12.1 Å². The number of Topliss-reactive ketones (excluding diaryl/α,β-unsaturated/α-hetero) is 1. The molecule has 0 aliphatic rings. The van der Waals surface area contributed by atoms with Crippen molar-refractivity contribution in [2.24, 2.45) is 0 Å². The van der Waals surface area contributed by atoms with Gasteiger partial charge in [-0.1, -0.05) is 30.3 Å². The first-order chi connectivity index (χ1) is 9.59. The Morgan fingerprint density at radius 3 is 2.60 bits per heavy atom. The highest BCUT2D eigenvalue weighted by atomic mass is 32.1. The zero-order valence-electron chi connectivity index (χ0n) is 10.9. The van der Waals surface area contributed by atoms with E-state index in [-0.39, 0.29) is 12.3 Å².